The lowest BCUT2D eigenvalue weighted by atomic mass is 9.63. The number of carbonyl (C=O) groups excluding carboxylic acids is 1. The van der Waals surface area contributed by atoms with Crippen LogP contribution < -0.4 is 0 Å². The summed E-state index contributed by atoms with van der Waals surface area (Å²) in [5.74, 6) is 0.0403. The summed E-state index contributed by atoms with van der Waals surface area (Å²) in [7, 11) is 0. The molecule has 1 aliphatic rings. The predicted molar refractivity (Wildman–Crippen MR) is 88.1 cm³/mol. The monoisotopic (exact) mass is 291 g/mol. The lowest BCUT2D eigenvalue weighted by Crippen LogP contribution is -2.43. The second-order valence-corrected chi connectivity index (χ2v) is 9.11. The zero-order valence-electron chi connectivity index (χ0n) is 14.9. The van der Waals surface area contributed by atoms with Crippen molar-refractivity contribution in [1.82, 2.24) is 0 Å². The number of carbonyl (C=O) groups is 1. The number of hydrogen-bond donors (Lipinski definition) is 0. The Bertz CT molecular complexity index is 483. The molecule has 0 atom stereocenters. The molecule has 0 bridgehead atoms. The van der Waals surface area contributed by atoms with Gasteiger partial charge in [-0.1, -0.05) is 67.5 Å². The van der Waals surface area contributed by atoms with Gasteiger partial charge >= 0.3 is 0 Å². The first kappa shape index (κ1) is 17.8. The van der Waals surface area contributed by atoms with Gasteiger partial charge in [-0.2, -0.15) is 0 Å². The molecule has 0 aromatic carbocycles. The number of nitrogens with zero attached hydrogens (tertiary/aromatic N) is 1. The smallest absolute Gasteiger partial charge is 0.185 e. The van der Waals surface area contributed by atoms with E-state index < -0.39 is 5.54 Å². The van der Waals surface area contributed by atoms with Crippen LogP contribution in [0.1, 0.15) is 62.3 Å². The summed E-state index contributed by atoms with van der Waals surface area (Å²) in [5.41, 5.74) is -0.630. The molecular weight excluding hydrogens is 262 g/mol. The molecule has 0 heterocycles. The molecule has 3 nitrogen and oxygen atoms in total. The number of allylic oxidation sites excluding steroid dienone is 2. The highest BCUT2D eigenvalue weighted by atomic mass is 16.3. The molecular formula is C18H29NO2. The van der Waals surface area contributed by atoms with Crippen molar-refractivity contribution < 1.29 is 4.79 Å². The largest absolute Gasteiger partial charge is 0.289 e. The minimum absolute atomic E-state index is 0.0403. The molecule has 0 fully saturated rings. The van der Waals surface area contributed by atoms with E-state index in [1.807, 2.05) is 62.3 Å². The van der Waals surface area contributed by atoms with Gasteiger partial charge in [-0.05, 0) is 28.4 Å². The summed E-state index contributed by atoms with van der Waals surface area (Å²) in [6, 6.07) is 0. The zero-order valence-corrected chi connectivity index (χ0v) is 14.9. The number of ketones is 1. The van der Waals surface area contributed by atoms with E-state index in [1.165, 1.54) is 0 Å². The molecule has 0 unspecified atom stereocenters. The maximum atomic E-state index is 12.9. The average molecular weight is 291 g/mol. The van der Waals surface area contributed by atoms with E-state index in [9.17, 15) is 9.70 Å². The molecule has 3 heteroatoms. The molecule has 0 spiro atoms. The Kier molecular flexibility index (Phi) is 4.15. The van der Waals surface area contributed by atoms with Gasteiger partial charge in [0.2, 0.25) is 0 Å². The Morgan fingerprint density at radius 3 is 1.33 bits per heavy atom. The molecule has 118 valence electrons. The standard InChI is InChI=1S/C18H29NO2/c1-15(2,3)12-10-18(19-21,17(7,8)9)11-13(14(12)20)16(4,5)6/h10-11H,1-9H3. The lowest BCUT2D eigenvalue weighted by molar-refractivity contribution is -0.114. The Hall–Kier alpha value is -1.25. The summed E-state index contributed by atoms with van der Waals surface area (Å²) in [4.78, 5) is 24.6. The normalized spacial score (nSPS) is 20.0. The fraction of sp³-hybridized carbons (Fsp3) is 0.722. The first-order chi connectivity index (χ1) is 9.16. The summed E-state index contributed by atoms with van der Waals surface area (Å²) >= 11 is 0. The minimum atomic E-state index is -0.980. The summed E-state index contributed by atoms with van der Waals surface area (Å²) in [6.45, 7) is 18.0. The van der Waals surface area contributed by atoms with Crippen LogP contribution in [0, 0.1) is 21.2 Å². The minimum Gasteiger partial charge on any atom is -0.289 e. The maximum Gasteiger partial charge on any atom is 0.185 e. The molecule has 0 saturated carbocycles. The van der Waals surface area contributed by atoms with Gasteiger partial charge in [-0.25, -0.2) is 0 Å². The van der Waals surface area contributed by atoms with Crippen molar-refractivity contribution in [2.24, 2.45) is 21.4 Å². The molecule has 0 N–H and O–H groups in total. The van der Waals surface area contributed by atoms with Crippen molar-refractivity contribution in [3.05, 3.63) is 28.2 Å². The van der Waals surface area contributed by atoms with Crippen molar-refractivity contribution in [1.29, 1.82) is 0 Å². The Balaban J connectivity index is 3.71. The summed E-state index contributed by atoms with van der Waals surface area (Å²) in [6.07, 6.45) is 3.58. The SMILES string of the molecule is CC(C)(C)C1=CC(N=O)(C(C)(C)C)C=C(C(C)(C)C)C1=O. The van der Waals surface area contributed by atoms with E-state index in [1.54, 1.807) is 12.2 Å². The van der Waals surface area contributed by atoms with Gasteiger partial charge in [0, 0.05) is 11.1 Å². The van der Waals surface area contributed by atoms with Crippen LogP contribution in [-0.4, -0.2) is 11.3 Å². The molecule has 0 radical (unpaired) electrons. The third-order valence-corrected chi connectivity index (χ3v) is 4.19. The van der Waals surface area contributed by atoms with Gasteiger partial charge in [-0.15, -0.1) is 4.91 Å². The second-order valence-electron chi connectivity index (χ2n) is 9.11. The zero-order chi connectivity index (χ0) is 16.9. The van der Waals surface area contributed by atoms with E-state index in [0.29, 0.717) is 11.1 Å². The van der Waals surface area contributed by atoms with Crippen molar-refractivity contribution in [2.75, 3.05) is 0 Å². The van der Waals surface area contributed by atoms with Crippen molar-refractivity contribution in [3.8, 4) is 0 Å². The third-order valence-electron chi connectivity index (χ3n) is 4.19. The van der Waals surface area contributed by atoms with Crippen LogP contribution in [0.5, 0.6) is 0 Å². The van der Waals surface area contributed by atoms with Gasteiger partial charge < -0.3 is 0 Å². The number of nitroso groups, excluding NO2 is 1. The first-order valence-corrected chi connectivity index (χ1v) is 7.52. The van der Waals surface area contributed by atoms with Gasteiger partial charge in [0.15, 0.2) is 5.78 Å². The lowest BCUT2D eigenvalue weighted by Gasteiger charge is -2.41. The number of hydrogen-bond acceptors (Lipinski definition) is 3. The van der Waals surface area contributed by atoms with E-state index >= 15 is 0 Å². The molecule has 0 aromatic heterocycles. The van der Waals surface area contributed by atoms with Gasteiger partial charge in [0.25, 0.3) is 0 Å². The molecule has 1 rings (SSSR count). The van der Waals surface area contributed by atoms with Gasteiger partial charge in [0.05, 0.1) is 0 Å². The molecule has 0 amide bonds. The topological polar surface area (TPSA) is 46.5 Å². The number of Topliss-reactive ketones (excluding diaryl/α,β-unsaturated/α-hetero) is 1. The number of rotatable bonds is 1. The molecule has 1 aliphatic carbocycles. The summed E-state index contributed by atoms with van der Waals surface area (Å²) in [5, 5.41) is 3.46. The fourth-order valence-corrected chi connectivity index (χ4v) is 2.49. The molecule has 0 aromatic rings. The van der Waals surface area contributed by atoms with E-state index in [2.05, 4.69) is 5.18 Å². The van der Waals surface area contributed by atoms with E-state index in [0.717, 1.165) is 0 Å². The van der Waals surface area contributed by atoms with Crippen LogP contribution in [0.3, 0.4) is 0 Å². The molecule has 21 heavy (non-hydrogen) atoms. The quantitative estimate of drug-likeness (QED) is 0.633. The fourth-order valence-electron chi connectivity index (χ4n) is 2.49. The Labute approximate surface area is 128 Å². The predicted octanol–water partition coefficient (Wildman–Crippen LogP) is 5.07. The second kappa shape index (κ2) is 4.89. The van der Waals surface area contributed by atoms with Crippen molar-refractivity contribution in [3.63, 3.8) is 0 Å². The van der Waals surface area contributed by atoms with E-state index in [-0.39, 0.29) is 22.0 Å². The molecule has 0 saturated heterocycles. The highest BCUT2D eigenvalue weighted by Gasteiger charge is 2.47. The van der Waals surface area contributed by atoms with Crippen LogP contribution in [0.15, 0.2) is 28.5 Å². The van der Waals surface area contributed by atoms with Crippen LogP contribution in [0.4, 0.5) is 0 Å². The first-order valence-electron chi connectivity index (χ1n) is 7.52. The van der Waals surface area contributed by atoms with Crippen LogP contribution in [0.2, 0.25) is 0 Å². The highest BCUT2D eigenvalue weighted by Crippen LogP contribution is 2.47. The average Bonchev–Trinajstić information content (AvgIpc) is 2.24. The molecule has 0 aliphatic heterocycles. The Morgan fingerprint density at radius 1 is 0.810 bits per heavy atom. The maximum absolute atomic E-state index is 12.9. The van der Waals surface area contributed by atoms with Crippen molar-refractivity contribution >= 4 is 5.78 Å². The van der Waals surface area contributed by atoms with E-state index in [4.69, 9.17) is 0 Å². The Morgan fingerprint density at radius 2 is 1.14 bits per heavy atom. The van der Waals surface area contributed by atoms with Crippen LogP contribution in [-0.2, 0) is 4.79 Å². The van der Waals surface area contributed by atoms with Crippen LogP contribution in [0.25, 0.3) is 0 Å². The van der Waals surface area contributed by atoms with Gasteiger partial charge in [-0.3, -0.25) is 4.79 Å². The highest BCUT2D eigenvalue weighted by molar-refractivity contribution is 6.11. The third kappa shape index (κ3) is 3.17. The van der Waals surface area contributed by atoms with Gasteiger partial charge in [0.1, 0.15) is 5.54 Å². The van der Waals surface area contributed by atoms with Crippen LogP contribution >= 0.6 is 0 Å². The van der Waals surface area contributed by atoms with Crippen molar-refractivity contribution in [2.45, 2.75) is 67.9 Å². The summed E-state index contributed by atoms with van der Waals surface area (Å²) < 4.78 is 0.